The van der Waals surface area contributed by atoms with Gasteiger partial charge in [-0.25, -0.2) is 0 Å². The van der Waals surface area contributed by atoms with E-state index in [4.69, 9.17) is 9.47 Å². The van der Waals surface area contributed by atoms with Crippen molar-refractivity contribution in [1.82, 2.24) is 10.2 Å². The van der Waals surface area contributed by atoms with Gasteiger partial charge in [-0.15, -0.1) is 6.58 Å². The number of piperazine rings is 1. The fourth-order valence-electron chi connectivity index (χ4n) is 3.18. The second-order valence-electron chi connectivity index (χ2n) is 6.15. The number of hydrogen-bond acceptors (Lipinski definition) is 4. The number of nitrogens with one attached hydrogen (secondary N) is 1. The predicted molar refractivity (Wildman–Crippen MR) is 101 cm³/mol. The minimum absolute atomic E-state index is 0.194. The van der Waals surface area contributed by atoms with Crippen molar-refractivity contribution in [3.05, 3.63) is 72.3 Å². The molecule has 0 aliphatic carbocycles. The van der Waals surface area contributed by atoms with Crippen molar-refractivity contribution in [2.24, 2.45) is 0 Å². The maximum absolute atomic E-state index is 5.95. The maximum Gasteiger partial charge on any atom is 0.161 e. The Morgan fingerprint density at radius 1 is 1.12 bits per heavy atom. The van der Waals surface area contributed by atoms with E-state index in [0.29, 0.717) is 6.61 Å². The molecule has 132 valence electrons. The molecule has 1 aliphatic rings. The number of ether oxygens (including phenoxy) is 2. The zero-order valence-electron chi connectivity index (χ0n) is 14.8. The number of hydrogen-bond donors (Lipinski definition) is 1. The molecule has 3 rings (SSSR count). The van der Waals surface area contributed by atoms with E-state index in [2.05, 4.69) is 41.1 Å². The quantitative estimate of drug-likeness (QED) is 0.785. The monoisotopic (exact) mass is 338 g/mol. The largest absolute Gasteiger partial charge is 0.493 e. The van der Waals surface area contributed by atoms with Crippen molar-refractivity contribution in [1.29, 1.82) is 0 Å². The third-order valence-corrected chi connectivity index (χ3v) is 4.53. The molecule has 0 spiro atoms. The first kappa shape index (κ1) is 17.5. The molecular formula is C21H26N2O2. The van der Waals surface area contributed by atoms with Crippen molar-refractivity contribution in [3.8, 4) is 11.5 Å². The van der Waals surface area contributed by atoms with Gasteiger partial charge in [0.1, 0.15) is 6.61 Å². The second-order valence-corrected chi connectivity index (χ2v) is 6.15. The molecule has 0 bridgehead atoms. The van der Waals surface area contributed by atoms with E-state index in [9.17, 15) is 0 Å². The molecule has 2 aromatic carbocycles. The first-order valence-electron chi connectivity index (χ1n) is 8.74. The molecule has 25 heavy (non-hydrogen) atoms. The summed E-state index contributed by atoms with van der Waals surface area (Å²) in [5.41, 5.74) is 2.32. The van der Waals surface area contributed by atoms with Gasteiger partial charge in [-0.1, -0.05) is 42.5 Å². The highest BCUT2D eigenvalue weighted by Crippen LogP contribution is 2.33. The summed E-state index contributed by atoms with van der Waals surface area (Å²) in [7, 11) is 1.68. The maximum atomic E-state index is 5.95. The van der Waals surface area contributed by atoms with Crippen LogP contribution in [-0.4, -0.2) is 38.2 Å². The van der Waals surface area contributed by atoms with Gasteiger partial charge in [0.2, 0.25) is 0 Å². The van der Waals surface area contributed by atoms with Crippen LogP contribution in [0.2, 0.25) is 0 Å². The molecule has 1 saturated heterocycles. The average molecular weight is 338 g/mol. The Morgan fingerprint density at radius 3 is 2.56 bits per heavy atom. The Kier molecular flexibility index (Phi) is 6.09. The summed E-state index contributed by atoms with van der Waals surface area (Å²) in [6.45, 7) is 8.62. The van der Waals surface area contributed by atoms with Gasteiger partial charge in [0.05, 0.1) is 13.2 Å². The molecule has 0 saturated carbocycles. The molecule has 2 aromatic rings. The van der Waals surface area contributed by atoms with Gasteiger partial charge in [0.25, 0.3) is 0 Å². The van der Waals surface area contributed by atoms with E-state index in [0.717, 1.165) is 43.2 Å². The fraction of sp³-hybridized carbons (Fsp3) is 0.333. The van der Waals surface area contributed by atoms with Crippen LogP contribution in [0.15, 0.2) is 61.2 Å². The van der Waals surface area contributed by atoms with E-state index < -0.39 is 0 Å². The van der Waals surface area contributed by atoms with Crippen molar-refractivity contribution in [2.45, 2.75) is 12.6 Å². The SMILES string of the molecule is C=C[C@@H](c1ccc(OCc2ccccc2)c(OC)c1)N1CCNCC1. The van der Waals surface area contributed by atoms with Crippen molar-refractivity contribution in [2.75, 3.05) is 33.3 Å². The number of rotatable bonds is 7. The molecule has 0 amide bonds. The van der Waals surface area contributed by atoms with Crippen LogP contribution in [0.3, 0.4) is 0 Å². The Hall–Kier alpha value is -2.30. The van der Waals surface area contributed by atoms with E-state index in [1.165, 1.54) is 5.56 Å². The first-order valence-corrected chi connectivity index (χ1v) is 8.74. The average Bonchev–Trinajstić information content (AvgIpc) is 2.69. The molecule has 1 heterocycles. The highest BCUT2D eigenvalue weighted by molar-refractivity contribution is 5.44. The summed E-state index contributed by atoms with van der Waals surface area (Å²) in [6.07, 6.45) is 2.00. The van der Waals surface area contributed by atoms with Crippen molar-refractivity contribution in [3.63, 3.8) is 0 Å². The van der Waals surface area contributed by atoms with Gasteiger partial charge in [-0.3, -0.25) is 4.90 Å². The molecule has 1 atom stereocenters. The number of methoxy groups -OCH3 is 1. The van der Waals surface area contributed by atoms with Crippen LogP contribution in [0.25, 0.3) is 0 Å². The van der Waals surface area contributed by atoms with Crippen LogP contribution in [0, 0.1) is 0 Å². The lowest BCUT2D eigenvalue weighted by Crippen LogP contribution is -2.44. The zero-order chi connectivity index (χ0) is 17.5. The van der Waals surface area contributed by atoms with Crippen LogP contribution < -0.4 is 14.8 Å². The van der Waals surface area contributed by atoms with Gasteiger partial charge in [0, 0.05) is 26.2 Å². The van der Waals surface area contributed by atoms with Crippen LogP contribution in [0.4, 0.5) is 0 Å². The number of benzene rings is 2. The first-order chi connectivity index (χ1) is 12.3. The highest BCUT2D eigenvalue weighted by atomic mass is 16.5. The summed E-state index contributed by atoms with van der Waals surface area (Å²) >= 11 is 0. The molecule has 1 N–H and O–H groups in total. The van der Waals surface area contributed by atoms with Crippen LogP contribution in [-0.2, 0) is 6.61 Å². The Labute approximate surface area is 150 Å². The minimum atomic E-state index is 0.194. The Morgan fingerprint density at radius 2 is 1.88 bits per heavy atom. The standard InChI is InChI=1S/C21H26N2O2/c1-3-19(23-13-11-22-12-14-23)18-9-10-20(21(15-18)24-2)25-16-17-7-5-4-6-8-17/h3-10,15,19,22H,1,11-14,16H2,2H3/t19-/m0/s1. The molecule has 4 nitrogen and oxygen atoms in total. The summed E-state index contributed by atoms with van der Waals surface area (Å²) in [6, 6.07) is 16.5. The third-order valence-electron chi connectivity index (χ3n) is 4.53. The molecular weight excluding hydrogens is 312 g/mol. The second kappa shape index (κ2) is 8.70. The molecule has 0 radical (unpaired) electrons. The van der Waals surface area contributed by atoms with E-state index in [1.807, 2.05) is 30.3 Å². The van der Waals surface area contributed by atoms with Gasteiger partial charge < -0.3 is 14.8 Å². The van der Waals surface area contributed by atoms with Crippen molar-refractivity contribution >= 4 is 0 Å². The number of nitrogens with zero attached hydrogens (tertiary/aromatic N) is 1. The lowest BCUT2D eigenvalue weighted by atomic mass is 10.0. The van der Waals surface area contributed by atoms with Crippen LogP contribution in [0.5, 0.6) is 11.5 Å². The van der Waals surface area contributed by atoms with Crippen LogP contribution >= 0.6 is 0 Å². The highest BCUT2D eigenvalue weighted by Gasteiger charge is 2.20. The van der Waals surface area contributed by atoms with Gasteiger partial charge in [0.15, 0.2) is 11.5 Å². The summed E-state index contributed by atoms with van der Waals surface area (Å²) < 4.78 is 11.5. The topological polar surface area (TPSA) is 33.7 Å². The Bertz CT molecular complexity index is 682. The van der Waals surface area contributed by atoms with E-state index >= 15 is 0 Å². The lowest BCUT2D eigenvalue weighted by molar-refractivity contribution is 0.203. The summed E-state index contributed by atoms with van der Waals surface area (Å²) in [5.74, 6) is 1.52. The van der Waals surface area contributed by atoms with E-state index in [1.54, 1.807) is 7.11 Å². The molecule has 4 heteroatoms. The smallest absolute Gasteiger partial charge is 0.161 e. The third kappa shape index (κ3) is 4.41. The molecule has 0 aromatic heterocycles. The lowest BCUT2D eigenvalue weighted by Gasteiger charge is -2.33. The summed E-state index contributed by atoms with van der Waals surface area (Å²) in [5, 5.41) is 3.39. The Balaban J connectivity index is 1.75. The van der Waals surface area contributed by atoms with Gasteiger partial charge in [-0.2, -0.15) is 0 Å². The van der Waals surface area contributed by atoms with Gasteiger partial charge >= 0.3 is 0 Å². The molecule has 1 aliphatic heterocycles. The van der Waals surface area contributed by atoms with Gasteiger partial charge in [-0.05, 0) is 23.3 Å². The fourth-order valence-corrected chi connectivity index (χ4v) is 3.18. The van der Waals surface area contributed by atoms with E-state index in [-0.39, 0.29) is 6.04 Å². The molecule has 0 unspecified atom stereocenters. The summed E-state index contributed by atoms with van der Waals surface area (Å²) in [4.78, 5) is 2.43. The normalized spacial score (nSPS) is 16.2. The van der Waals surface area contributed by atoms with Crippen LogP contribution in [0.1, 0.15) is 17.2 Å². The minimum Gasteiger partial charge on any atom is -0.493 e. The molecule has 1 fully saturated rings. The zero-order valence-corrected chi connectivity index (χ0v) is 14.8. The van der Waals surface area contributed by atoms with Crippen molar-refractivity contribution < 1.29 is 9.47 Å². The predicted octanol–water partition coefficient (Wildman–Crippen LogP) is 3.41.